The van der Waals surface area contributed by atoms with E-state index in [1.54, 1.807) is 0 Å². The number of nitrogens with one attached hydrogen (secondary N) is 1. The van der Waals surface area contributed by atoms with Crippen molar-refractivity contribution < 1.29 is 13.2 Å². The van der Waals surface area contributed by atoms with Crippen molar-refractivity contribution in [3.8, 4) is 0 Å². The van der Waals surface area contributed by atoms with Crippen LogP contribution in [0.4, 0.5) is 13.2 Å². The Bertz CT molecular complexity index is 372. The zero-order chi connectivity index (χ0) is 12.3. The summed E-state index contributed by atoms with van der Waals surface area (Å²) in [6, 6.07) is 1.04. The highest BCUT2D eigenvalue weighted by Gasteiger charge is 2.33. The summed E-state index contributed by atoms with van der Waals surface area (Å²) in [5.74, 6) is 0. The second-order valence-corrected chi connectivity index (χ2v) is 4.06. The van der Waals surface area contributed by atoms with Crippen molar-refractivity contribution in [3.05, 3.63) is 29.6 Å². The molecule has 1 N–H and O–H groups in total. The smallest absolute Gasteiger partial charge is 0.314 e. The van der Waals surface area contributed by atoms with Crippen LogP contribution in [0.2, 0.25) is 0 Å². The zero-order valence-electron chi connectivity index (χ0n) is 9.30. The van der Waals surface area contributed by atoms with E-state index in [1.165, 1.54) is 12.4 Å². The van der Waals surface area contributed by atoms with E-state index in [0.717, 1.165) is 32.2 Å². The predicted molar refractivity (Wildman–Crippen MR) is 57.4 cm³/mol. The molecule has 2 heterocycles. The van der Waals surface area contributed by atoms with Crippen molar-refractivity contribution in [1.29, 1.82) is 0 Å². The Kier molecular flexibility index (Phi) is 3.63. The summed E-state index contributed by atoms with van der Waals surface area (Å²) in [6.07, 6.45) is -1.80. The molecular formula is C11H14F3N3. The van der Waals surface area contributed by atoms with Crippen LogP contribution in [0.5, 0.6) is 0 Å². The highest BCUT2D eigenvalue weighted by molar-refractivity contribution is 5.26. The van der Waals surface area contributed by atoms with Crippen LogP contribution in [0, 0.1) is 0 Å². The van der Waals surface area contributed by atoms with E-state index in [-0.39, 0.29) is 5.56 Å². The summed E-state index contributed by atoms with van der Waals surface area (Å²) < 4.78 is 38.2. The number of halogens is 3. The standard InChI is InChI=1S/C11H14F3N3/c12-11(13,14)10-1-2-16-7-9(10)8-17-5-3-15-4-6-17/h1-2,7,15H,3-6,8H2. The molecule has 1 saturated heterocycles. The third-order valence-electron chi connectivity index (χ3n) is 2.81. The Balaban J connectivity index is 2.14. The van der Waals surface area contributed by atoms with Crippen molar-refractivity contribution in [2.24, 2.45) is 0 Å². The topological polar surface area (TPSA) is 28.2 Å². The van der Waals surface area contributed by atoms with E-state index in [4.69, 9.17) is 0 Å². The Hall–Kier alpha value is -1.14. The quantitative estimate of drug-likeness (QED) is 0.856. The summed E-state index contributed by atoms with van der Waals surface area (Å²) in [7, 11) is 0. The average Bonchev–Trinajstić information content (AvgIpc) is 2.30. The molecule has 17 heavy (non-hydrogen) atoms. The zero-order valence-corrected chi connectivity index (χ0v) is 9.30. The number of aromatic nitrogens is 1. The molecule has 1 aliphatic rings. The van der Waals surface area contributed by atoms with Gasteiger partial charge in [-0.15, -0.1) is 0 Å². The van der Waals surface area contributed by atoms with Gasteiger partial charge in [0.2, 0.25) is 0 Å². The predicted octanol–water partition coefficient (Wildman–Crippen LogP) is 1.51. The van der Waals surface area contributed by atoms with Gasteiger partial charge in [-0.25, -0.2) is 0 Å². The molecule has 1 aromatic heterocycles. The largest absolute Gasteiger partial charge is 0.416 e. The van der Waals surface area contributed by atoms with E-state index in [2.05, 4.69) is 10.3 Å². The molecule has 0 unspecified atom stereocenters. The lowest BCUT2D eigenvalue weighted by Crippen LogP contribution is -2.43. The molecule has 1 fully saturated rings. The van der Waals surface area contributed by atoms with Crippen LogP contribution in [0.15, 0.2) is 18.5 Å². The fourth-order valence-corrected chi connectivity index (χ4v) is 1.94. The first kappa shape index (κ1) is 12.3. The Morgan fingerprint density at radius 2 is 2.00 bits per heavy atom. The molecule has 1 aromatic rings. The fraction of sp³-hybridized carbons (Fsp3) is 0.545. The van der Waals surface area contributed by atoms with Gasteiger partial charge in [-0.3, -0.25) is 9.88 Å². The van der Waals surface area contributed by atoms with Crippen LogP contribution in [0.3, 0.4) is 0 Å². The molecule has 94 valence electrons. The maximum atomic E-state index is 12.7. The molecule has 0 saturated carbocycles. The fourth-order valence-electron chi connectivity index (χ4n) is 1.94. The Labute approximate surface area is 97.6 Å². The minimum atomic E-state index is -4.30. The summed E-state index contributed by atoms with van der Waals surface area (Å²) in [5, 5.41) is 3.17. The minimum Gasteiger partial charge on any atom is -0.314 e. The van der Waals surface area contributed by atoms with Crippen LogP contribution in [-0.4, -0.2) is 36.1 Å². The summed E-state index contributed by atoms with van der Waals surface area (Å²) >= 11 is 0. The molecule has 0 aliphatic carbocycles. The van der Waals surface area contributed by atoms with Crippen molar-refractivity contribution >= 4 is 0 Å². The molecule has 0 aromatic carbocycles. The van der Waals surface area contributed by atoms with Gasteiger partial charge in [-0.1, -0.05) is 0 Å². The number of hydrogen-bond donors (Lipinski definition) is 1. The van der Waals surface area contributed by atoms with E-state index in [1.807, 2.05) is 4.90 Å². The van der Waals surface area contributed by atoms with Gasteiger partial charge < -0.3 is 5.32 Å². The Morgan fingerprint density at radius 3 is 2.65 bits per heavy atom. The van der Waals surface area contributed by atoms with E-state index in [0.29, 0.717) is 6.54 Å². The first-order valence-corrected chi connectivity index (χ1v) is 5.50. The van der Waals surface area contributed by atoms with Crippen molar-refractivity contribution in [2.45, 2.75) is 12.7 Å². The number of piperazine rings is 1. The molecule has 0 atom stereocenters. The van der Waals surface area contributed by atoms with Gasteiger partial charge in [0.05, 0.1) is 5.56 Å². The van der Waals surface area contributed by atoms with Gasteiger partial charge in [-0.2, -0.15) is 13.2 Å². The van der Waals surface area contributed by atoms with Crippen LogP contribution < -0.4 is 5.32 Å². The van der Waals surface area contributed by atoms with Gasteiger partial charge in [0.25, 0.3) is 0 Å². The molecule has 1 aliphatic heterocycles. The third kappa shape index (κ3) is 3.17. The van der Waals surface area contributed by atoms with Crippen LogP contribution in [0.1, 0.15) is 11.1 Å². The summed E-state index contributed by atoms with van der Waals surface area (Å²) in [4.78, 5) is 5.78. The van der Waals surface area contributed by atoms with Crippen LogP contribution in [0.25, 0.3) is 0 Å². The summed E-state index contributed by atoms with van der Waals surface area (Å²) in [5.41, 5.74) is -0.326. The minimum absolute atomic E-state index is 0.252. The number of nitrogens with zero attached hydrogens (tertiary/aromatic N) is 2. The van der Waals surface area contributed by atoms with Crippen molar-refractivity contribution in [3.63, 3.8) is 0 Å². The molecule has 6 heteroatoms. The molecule has 0 bridgehead atoms. The Morgan fingerprint density at radius 1 is 1.29 bits per heavy atom. The van der Waals surface area contributed by atoms with Gasteiger partial charge in [-0.05, 0) is 11.6 Å². The average molecular weight is 245 g/mol. The molecule has 0 spiro atoms. The molecule has 0 amide bonds. The van der Waals surface area contributed by atoms with E-state index in [9.17, 15) is 13.2 Å². The maximum Gasteiger partial charge on any atom is 0.416 e. The van der Waals surface area contributed by atoms with E-state index < -0.39 is 11.7 Å². The van der Waals surface area contributed by atoms with Crippen molar-refractivity contribution in [2.75, 3.05) is 26.2 Å². The van der Waals surface area contributed by atoms with Crippen LogP contribution in [-0.2, 0) is 12.7 Å². The van der Waals surface area contributed by atoms with Crippen molar-refractivity contribution in [1.82, 2.24) is 15.2 Å². The first-order chi connectivity index (χ1) is 8.07. The molecule has 2 rings (SSSR count). The van der Waals surface area contributed by atoms with Gasteiger partial charge in [0.15, 0.2) is 0 Å². The van der Waals surface area contributed by atoms with Gasteiger partial charge >= 0.3 is 6.18 Å². The lowest BCUT2D eigenvalue weighted by atomic mass is 10.1. The lowest BCUT2D eigenvalue weighted by molar-refractivity contribution is -0.138. The number of hydrogen-bond acceptors (Lipinski definition) is 3. The molecule has 0 radical (unpaired) electrons. The van der Waals surface area contributed by atoms with Gasteiger partial charge in [0.1, 0.15) is 0 Å². The normalized spacial score (nSPS) is 18.3. The highest BCUT2D eigenvalue weighted by Crippen LogP contribution is 2.31. The van der Waals surface area contributed by atoms with E-state index >= 15 is 0 Å². The van der Waals surface area contributed by atoms with Gasteiger partial charge in [0, 0.05) is 45.1 Å². The monoisotopic (exact) mass is 245 g/mol. The molecular weight excluding hydrogens is 231 g/mol. The molecule has 3 nitrogen and oxygen atoms in total. The second kappa shape index (κ2) is 5.01. The SMILES string of the molecule is FC(F)(F)c1ccncc1CN1CCNCC1. The first-order valence-electron chi connectivity index (χ1n) is 5.50. The number of pyridine rings is 1. The second-order valence-electron chi connectivity index (χ2n) is 4.06. The number of alkyl halides is 3. The third-order valence-corrected chi connectivity index (χ3v) is 2.81. The van der Waals surface area contributed by atoms with Crippen LogP contribution >= 0.6 is 0 Å². The number of rotatable bonds is 2. The summed E-state index contributed by atoms with van der Waals surface area (Å²) in [6.45, 7) is 3.49. The lowest BCUT2D eigenvalue weighted by Gasteiger charge is -2.28. The highest BCUT2D eigenvalue weighted by atomic mass is 19.4. The maximum absolute atomic E-state index is 12.7.